The van der Waals surface area contributed by atoms with E-state index in [1.165, 1.54) is 0 Å². The Morgan fingerprint density at radius 3 is 2.55 bits per heavy atom. The molecular formula is C23H26N2O6. The Balaban J connectivity index is 1.74. The minimum absolute atomic E-state index is 0.0593. The third kappa shape index (κ3) is 4.35. The number of nitrogens with one attached hydrogen (secondary N) is 1. The number of anilines is 1. The van der Waals surface area contributed by atoms with Gasteiger partial charge in [-0.25, -0.2) is 0 Å². The second-order valence-electron chi connectivity index (χ2n) is 7.51. The fourth-order valence-electron chi connectivity index (χ4n) is 4.14. The zero-order valence-electron chi connectivity index (χ0n) is 17.6. The highest BCUT2D eigenvalue weighted by Crippen LogP contribution is 2.43. The van der Waals surface area contributed by atoms with Gasteiger partial charge in [0.05, 0.1) is 32.7 Å². The molecular weight excluding hydrogens is 400 g/mol. The standard InChI is InChI=1S/C23H26N2O6/c1-28-16-9-7-15(8-10-16)25-21(26)12-11-19(23(27)31-17-13-24-30-14-17)22(25)18-5-3-4-6-20(18)29-2/h3-10,17,19,22,24H,11-14H2,1-2H3/t17-,19+,22+/m0/s1. The van der Waals surface area contributed by atoms with Crippen molar-refractivity contribution in [2.45, 2.75) is 25.0 Å². The molecule has 0 bridgehead atoms. The summed E-state index contributed by atoms with van der Waals surface area (Å²) in [7, 11) is 3.17. The Bertz CT molecular complexity index is 926. The molecule has 0 aliphatic carbocycles. The number of carbonyl (C=O) groups is 2. The Morgan fingerprint density at radius 1 is 1.10 bits per heavy atom. The van der Waals surface area contributed by atoms with Crippen LogP contribution in [0.25, 0.3) is 0 Å². The van der Waals surface area contributed by atoms with Crippen molar-refractivity contribution in [2.75, 3.05) is 32.3 Å². The summed E-state index contributed by atoms with van der Waals surface area (Å²) in [6.07, 6.45) is 0.295. The number of rotatable bonds is 6. The summed E-state index contributed by atoms with van der Waals surface area (Å²) >= 11 is 0. The molecule has 0 aromatic heterocycles. The molecule has 1 N–H and O–H groups in total. The molecule has 1 amide bonds. The third-order valence-corrected chi connectivity index (χ3v) is 5.67. The van der Waals surface area contributed by atoms with Gasteiger partial charge in [-0.05, 0) is 36.8 Å². The zero-order valence-corrected chi connectivity index (χ0v) is 17.6. The van der Waals surface area contributed by atoms with E-state index in [1.807, 2.05) is 36.4 Å². The minimum atomic E-state index is -0.562. The van der Waals surface area contributed by atoms with Gasteiger partial charge in [-0.1, -0.05) is 18.2 Å². The highest BCUT2D eigenvalue weighted by atomic mass is 16.7. The number of para-hydroxylation sites is 1. The van der Waals surface area contributed by atoms with E-state index in [1.54, 1.807) is 31.3 Å². The van der Waals surface area contributed by atoms with Crippen molar-refractivity contribution in [1.29, 1.82) is 0 Å². The van der Waals surface area contributed by atoms with Crippen LogP contribution in [0.4, 0.5) is 5.69 Å². The number of carbonyl (C=O) groups excluding carboxylic acids is 2. The van der Waals surface area contributed by atoms with Gasteiger partial charge in [0.25, 0.3) is 0 Å². The maximum atomic E-state index is 13.2. The van der Waals surface area contributed by atoms with Gasteiger partial charge in [0, 0.05) is 17.7 Å². The van der Waals surface area contributed by atoms with Crippen LogP contribution in [0.1, 0.15) is 24.4 Å². The van der Waals surface area contributed by atoms with Crippen LogP contribution in [0.2, 0.25) is 0 Å². The van der Waals surface area contributed by atoms with E-state index in [0.29, 0.717) is 36.8 Å². The summed E-state index contributed by atoms with van der Waals surface area (Å²) in [5.41, 5.74) is 4.17. The van der Waals surface area contributed by atoms with Gasteiger partial charge >= 0.3 is 5.97 Å². The van der Waals surface area contributed by atoms with Crippen LogP contribution >= 0.6 is 0 Å². The number of esters is 1. The smallest absolute Gasteiger partial charge is 0.311 e. The monoisotopic (exact) mass is 426 g/mol. The number of hydroxylamine groups is 1. The van der Waals surface area contributed by atoms with Crippen molar-refractivity contribution in [2.24, 2.45) is 5.92 Å². The topological polar surface area (TPSA) is 86.3 Å². The van der Waals surface area contributed by atoms with Crippen molar-refractivity contribution in [3.63, 3.8) is 0 Å². The van der Waals surface area contributed by atoms with Crippen LogP contribution in [0, 0.1) is 5.92 Å². The van der Waals surface area contributed by atoms with Gasteiger partial charge < -0.3 is 19.1 Å². The van der Waals surface area contributed by atoms with Crippen molar-refractivity contribution in [3.8, 4) is 11.5 Å². The lowest BCUT2D eigenvalue weighted by Crippen LogP contribution is -2.46. The molecule has 0 unspecified atom stereocenters. The number of nitrogens with zero attached hydrogens (tertiary/aromatic N) is 1. The third-order valence-electron chi connectivity index (χ3n) is 5.67. The molecule has 0 saturated carbocycles. The number of hydrogen-bond donors (Lipinski definition) is 1. The van der Waals surface area contributed by atoms with E-state index in [2.05, 4.69) is 5.48 Å². The molecule has 8 nitrogen and oxygen atoms in total. The number of ether oxygens (including phenoxy) is 3. The van der Waals surface area contributed by atoms with E-state index >= 15 is 0 Å². The molecule has 3 atom stereocenters. The van der Waals surface area contributed by atoms with E-state index in [0.717, 1.165) is 5.56 Å². The molecule has 4 rings (SSSR count). The number of amides is 1. The number of hydrogen-bond acceptors (Lipinski definition) is 7. The molecule has 2 aromatic carbocycles. The Kier molecular flexibility index (Phi) is 6.39. The van der Waals surface area contributed by atoms with E-state index in [9.17, 15) is 9.59 Å². The Hall–Kier alpha value is -3.10. The van der Waals surface area contributed by atoms with Crippen molar-refractivity contribution in [3.05, 3.63) is 54.1 Å². The van der Waals surface area contributed by atoms with Gasteiger partial charge in [-0.15, -0.1) is 0 Å². The van der Waals surface area contributed by atoms with Gasteiger partial charge in [-0.2, -0.15) is 5.48 Å². The van der Waals surface area contributed by atoms with Crippen LogP contribution in [-0.4, -0.2) is 45.4 Å². The summed E-state index contributed by atoms with van der Waals surface area (Å²) in [5, 5.41) is 0. The molecule has 2 fully saturated rings. The second kappa shape index (κ2) is 9.36. The average molecular weight is 426 g/mol. The Morgan fingerprint density at radius 2 is 1.87 bits per heavy atom. The normalized spacial score (nSPS) is 23.5. The van der Waals surface area contributed by atoms with Crippen molar-refractivity contribution < 1.29 is 28.6 Å². The van der Waals surface area contributed by atoms with Crippen molar-refractivity contribution >= 4 is 17.6 Å². The van der Waals surface area contributed by atoms with E-state index in [-0.39, 0.29) is 24.4 Å². The Labute approximate surface area is 181 Å². The van der Waals surface area contributed by atoms with Crippen LogP contribution < -0.4 is 19.9 Å². The van der Waals surface area contributed by atoms with Gasteiger partial charge in [0.15, 0.2) is 0 Å². The van der Waals surface area contributed by atoms with Crippen LogP contribution in [0.15, 0.2) is 48.5 Å². The molecule has 2 saturated heterocycles. The lowest BCUT2D eigenvalue weighted by Gasteiger charge is -2.41. The van der Waals surface area contributed by atoms with Crippen LogP contribution in [-0.2, 0) is 19.2 Å². The summed E-state index contributed by atoms with van der Waals surface area (Å²) in [5.74, 6) is 0.350. The molecule has 2 heterocycles. The van der Waals surface area contributed by atoms with Crippen molar-refractivity contribution in [1.82, 2.24) is 5.48 Å². The molecule has 2 aliphatic rings. The summed E-state index contributed by atoms with van der Waals surface area (Å²) in [4.78, 5) is 33.1. The molecule has 0 spiro atoms. The summed E-state index contributed by atoms with van der Waals surface area (Å²) < 4.78 is 16.5. The molecule has 2 aromatic rings. The maximum absolute atomic E-state index is 13.2. The number of methoxy groups -OCH3 is 2. The highest BCUT2D eigenvalue weighted by molar-refractivity contribution is 5.97. The highest BCUT2D eigenvalue weighted by Gasteiger charge is 2.44. The summed E-state index contributed by atoms with van der Waals surface area (Å²) in [6.45, 7) is 0.748. The SMILES string of the molecule is COc1ccc(N2C(=O)CC[C@@H](C(=O)O[C@H]3CNOC3)[C@H]2c2ccccc2OC)cc1. The fourth-order valence-corrected chi connectivity index (χ4v) is 4.14. The number of piperidine rings is 1. The van der Waals surface area contributed by atoms with E-state index < -0.39 is 12.0 Å². The van der Waals surface area contributed by atoms with Crippen LogP contribution in [0.5, 0.6) is 11.5 Å². The first-order valence-electron chi connectivity index (χ1n) is 10.3. The predicted molar refractivity (Wildman–Crippen MR) is 113 cm³/mol. The number of benzene rings is 2. The van der Waals surface area contributed by atoms with E-state index in [4.69, 9.17) is 19.0 Å². The van der Waals surface area contributed by atoms with Gasteiger partial charge in [0.2, 0.25) is 5.91 Å². The first-order valence-corrected chi connectivity index (χ1v) is 10.3. The molecule has 164 valence electrons. The quantitative estimate of drug-likeness (QED) is 0.711. The fraction of sp³-hybridized carbons (Fsp3) is 0.391. The van der Waals surface area contributed by atoms with Gasteiger partial charge in [-0.3, -0.25) is 14.4 Å². The molecule has 0 radical (unpaired) electrons. The maximum Gasteiger partial charge on any atom is 0.311 e. The minimum Gasteiger partial charge on any atom is -0.497 e. The first-order chi connectivity index (χ1) is 15.1. The first kappa shape index (κ1) is 21.1. The predicted octanol–water partition coefficient (Wildman–Crippen LogP) is 2.63. The zero-order chi connectivity index (χ0) is 21.8. The molecule has 31 heavy (non-hydrogen) atoms. The second-order valence-corrected chi connectivity index (χ2v) is 7.51. The van der Waals surface area contributed by atoms with Gasteiger partial charge in [0.1, 0.15) is 24.2 Å². The lowest BCUT2D eigenvalue weighted by atomic mass is 9.83. The molecule has 2 aliphatic heterocycles. The average Bonchev–Trinajstić information content (AvgIpc) is 3.32. The molecule has 8 heteroatoms. The largest absolute Gasteiger partial charge is 0.497 e. The summed E-state index contributed by atoms with van der Waals surface area (Å²) in [6, 6.07) is 14.1. The van der Waals surface area contributed by atoms with Crippen LogP contribution in [0.3, 0.4) is 0 Å². The lowest BCUT2D eigenvalue weighted by molar-refractivity contribution is -0.155.